The van der Waals surface area contributed by atoms with Gasteiger partial charge in [-0.05, 0) is 55.7 Å². The van der Waals surface area contributed by atoms with E-state index in [4.69, 9.17) is 14.6 Å². The fourth-order valence-corrected chi connectivity index (χ4v) is 4.84. The summed E-state index contributed by atoms with van der Waals surface area (Å²) in [7, 11) is 0. The van der Waals surface area contributed by atoms with E-state index in [-0.39, 0.29) is 5.97 Å². The number of carbonyl (C=O) groups excluding carboxylic acids is 1. The van der Waals surface area contributed by atoms with E-state index < -0.39 is 6.04 Å². The second-order valence-corrected chi connectivity index (χ2v) is 9.76. The van der Waals surface area contributed by atoms with Gasteiger partial charge in [-0.1, -0.05) is 58.9 Å². The van der Waals surface area contributed by atoms with E-state index in [0.717, 1.165) is 33.5 Å². The molecule has 0 radical (unpaired) electrons. The third-order valence-corrected chi connectivity index (χ3v) is 6.79. The maximum absolute atomic E-state index is 12.9. The number of aromatic nitrogens is 3. The molecular formula is C25H27BrN4O3S. The predicted octanol–water partition coefficient (Wildman–Crippen LogP) is 5.97. The van der Waals surface area contributed by atoms with Gasteiger partial charge in [0.1, 0.15) is 18.4 Å². The summed E-state index contributed by atoms with van der Waals surface area (Å²) < 4.78 is 14.1. The Morgan fingerprint density at radius 2 is 2.00 bits per heavy atom. The number of fused-ring (bicyclic) bond motifs is 1. The van der Waals surface area contributed by atoms with Crippen LogP contribution in [0.5, 0.6) is 5.75 Å². The van der Waals surface area contributed by atoms with Crippen molar-refractivity contribution >= 4 is 39.6 Å². The molecule has 7 nitrogen and oxygen atoms in total. The van der Waals surface area contributed by atoms with E-state index in [1.165, 1.54) is 0 Å². The van der Waals surface area contributed by atoms with Crippen molar-refractivity contribution < 1.29 is 14.3 Å². The highest BCUT2D eigenvalue weighted by molar-refractivity contribution is 9.10. The number of thioether (sulfide) groups is 1. The smallest absolute Gasteiger partial charge is 0.338 e. The summed E-state index contributed by atoms with van der Waals surface area (Å²) in [4.78, 5) is 17.6. The Balaban J connectivity index is 1.62. The minimum atomic E-state index is -0.446. The van der Waals surface area contributed by atoms with E-state index in [0.29, 0.717) is 35.6 Å². The topological polar surface area (TPSA) is 78.3 Å². The number of nitrogens with zero attached hydrogens (tertiary/aromatic N) is 3. The molecule has 0 aliphatic carbocycles. The molecule has 1 N–H and O–H groups in total. The number of ether oxygens (including phenoxy) is 2. The summed E-state index contributed by atoms with van der Waals surface area (Å²) in [6.07, 6.45) is 1.03. The first-order valence-corrected chi connectivity index (χ1v) is 13.0. The van der Waals surface area contributed by atoms with Crippen LogP contribution in [0.15, 0.2) is 69.4 Å². The molecule has 1 atom stereocenters. The highest BCUT2D eigenvalue weighted by Crippen LogP contribution is 2.37. The van der Waals surface area contributed by atoms with Crippen LogP contribution in [0, 0.1) is 0 Å². The lowest BCUT2D eigenvalue weighted by Gasteiger charge is -2.28. The molecule has 0 saturated heterocycles. The third-order valence-electron chi connectivity index (χ3n) is 5.25. The molecular weight excluding hydrogens is 516 g/mol. The van der Waals surface area contributed by atoms with Gasteiger partial charge in [0.25, 0.3) is 0 Å². The van der Waals surface area contributed by atoms with Crippen molar-refractivity contribution in [2.24, 2.45) is 0 Å². The molecule has 1 unspecified atom stereocenters. The van der Waals surface area contributed by atoms with Gasteiger partial charge in [0.15, 0.2) is 0 Å². The summed E-state index contributed by atoms with van der Waals surface area (Å²) >= 11 is 5.09. The molecule has 1 aromatic heterocycles. The Morgan fingerprint density at radius 3 is 2.71 bits per heavy atom. The molecule has 2 aromatic carbocycles. The molecule has 1 aliphatic heterocycles. The number of hydrogen-bond donors (Lipinski definition) is 1. The quantitative estimate of drug-likeness (QED) is 0.263. The number of esters is 1. The Bertz CT molecular complexity index is 1190. The number of rotatable bonds is 9. The second-order valence-electron chi connectivity index (χ2n) is 7.79. The molecule has 3 aromatic rings. The van der Waals surface area contributed by atoms with Gasteiger partial charge in [0.2, 0.25) is 11.1 Å². The molecule has 178 valence electrons. The van der Waals surface area contributed by atoms with Gasteiger partial charge >= 0.3 is 5.97 Å². The van der Waals surface area contributed by atoms with Crippen LogP contribution in [0.4, 0.5) is 5.95 Å². The van der Waals surface area contributed by atoms with Gasteiger partial charge < -0.3 is 14.8 Å². The van der Waals surface area contributed by atoms with E-state index in [1.54, 1.807) is 23.4 Å². The molecule has 0 saturated carbocycles. The van der Waals surface area contributed by atoms with Gasteiger partial charge in [-0.3, -0.25) is 0 Å². The summed E-state index contributed by atoms with van der Waals surface area (Å²) in [5.41, 5.74) is 3.21. The Morgan fingerprint density at radius 1 is 1.21 bits per heavy atom. The molecule has 0 bridgehead atoms. The van der Waals surface area contributed by atoms with Crippen LogP contribution in [-0.2, 0) is 16.1 Å². The molecule has 0 amide bonds. The Hall–Kier alpha value is -2.78. The van der Waals surface area contributed by atoms with E-state index in [2.05, 4.69) is 33.2 Å². The summed E-state index contributed by atoms with van der Waals surface area (Å²) in [5.74, 6) is 1.92. The van der Waals surface area contributed by atoms with Gasteiger partial charge in [0.05, 0.1) is 12.2 Å². The second kappa shape index (κ2) is 11.1. The lowest BCUT2D eigenvalue weighted by molar-refractivity contribution is -0.139. The van der Waals surface area contributed by atoms with Gasteiger partial charge in [-0.2, -0.15) is 4.98 Å². The van der Waals surface area contributed by atoms with Crippen molar-refractivity contribution in [1.82, 2.24) is 14.8 Å². The van der Waals surface area contributed by atoms with Crippen molar-refractivity contribution in [3.8, 4) is 5.75 Å². The zero-order valence-electron chi connectivity index (χ0n) is 19.4. The summed E-state index contributed by atoms with van der Waals surface area (Å²) in [5, 5.41) is 8.62. The first-order valence-electron chi connectivity index (χ1n) is 11.2. The van der Waals surface area contributed by atoms with Crippen LogP contribution in [0.1, 0.15) is 44.4 Å². The first-order chi connectivity index (χ1) is 16.5. The van der Waals surface area contributed by atoms with Crippen molar-refractivity contribution in [3.05, 3.63) is 75.4 Å². The lowest BCUT2D eigenvalue weighted by atomic mass is 9.96. The monoisotopic (exact) mass is 542 g/mol. The highest BCUT2D eigenvalue weighted by Gasteiger charge is 2.35. The number of anilines is 1. The average molecular weight is 543 g/mol. The normalized spacial score (nSPS) is 15.0. The zero-order valence-corrected chi connectivity index (χ0v) is 21.8. The third kappa shape index (κ3) is 5.47. The van der Waals surface area contributed by atoms with Crippen molar-refractivity contribution in [1.29, 1.82) is 0 Å². The van der Waals surface area contributed by atoms with Gasteiger partial charge in [-0.25, -0.2) is 9.48 Å². The number of nitrogens with one attached hydrogen (secondary N) is 1. The van der Waals surface area contributed by atoms with Crippen LogP contribution in [-0.4, -0.2) is 33.1 Å². The summed E-state index contributed by atoms with van der Waals surface area (Å²) in [6, 6.07) is 15.3. The van der Waals surface area contributed by atoms with E-state index in [1.807, 2.05) is 55.5 Å². The van der Waals surface area contributed by atoms with Crippen LogP contribution in [0.3, 0.4) is 0 Å². The lowest BCUT2D eigenvalue weighted by Crippen LogP contribution is -2.29. The first kappa shape index (κ1) is 24.3. The van der Waals surface area contributed by atoms with E-state index in [9.17, 15) is 4.79 Å². The predicted molar refractivity (Wildman–Crippen MR) is 137 cm³/mol. The van der Waals surface area contributed by atoms with Gasteiger partial charge in [-0.15, -0.1) is 5.10 Å². The van der Waals surface area contributed by atoms with Crippen molar-refractivity contribution in [3.63, 3.8) is 0 Å². The van der Waals surface area contributed by atoms with Crippen LogP contribution < -0.4 is 10.1 Å². The maximum atomic E-state index is 12.9. The fourth-order valence-electron chi connectivity index (χ4n) is 3.71. The molecule has 34 heavy (non-hydrogen) atoms. The number of benzene rings is 2. The molecule has 0 spiro atoms. The zero-order chi connectivity index (χ0) is 24.1. The number of carbonyl (C=O) groups is 1. The van der Waals surface area contributed by atoms with Crippen LogP contribution >= 0.6 is 27.7 Å². The molecule has 9 heteroatoms. The van der Waals surface area contributed by atoms with Gasteiger partial charge in [0, 0.05) is 15.9 Å². The fraction of sp³-hybridized carbons (Fsp3) is 0.320. The Labute approximate surface area is 212 Å². The van der Waals surface area contributed by atoms with Crippen LogP contribution in [0.2, 0.25) is 0 Å². The highest BCUT2D eigenvalue weighted by atomic mass is 79.9. The molecule has 0 fully saturated rings. The number of allylic oxidation sites excluding steroid dienone is 1. The largest absolute Gasteiger partial charge is 0.489 e. The minimum absolute atomic E-state index is 0.298. The molecule has 2 heterocycles. The summed E-state index contributed by atoms with van der Waals surface area (Å²) in [6.45, 7) is 6.55. The van der Waals surface area contributed by atoms with Crippen molar-refractivity contribution in [2.45, 2.75) is 45.0 Å². The van der Waals surface area contributed by atoms with Crippen molar-refractivity contribution in [2.75, 3.05) is 17.7 Å². The SMILES string of the molecule is CCCSc1nc2n(n1)C(c1ccc(OCc3cccc(Br)c3)cc1)C(C(=O)OCC)=C(C)N2. The average Bonchev–Trinajstić information content (AvgIpc) is 3.23. The van der Waals surface area contributed by atoms with Crippen LogP contribution in [0.25, 0.3) is 0 Å². The standard InChI is InChI=1S/C25H27BrN4O3S/c1-4-13-34-25-28-24-27-16(3)21(23(31)32-5-2)22(30(24)29-25)18-9-11-20(12-10-18)33-15-17-7-6-8-19(26)14-17/h6-12,14,22H,4-5,13,15H2,1-3H3,(H,27,28,29). The number of hydrogen-bond acceptors (Lipinski definition) is 7. The molecule has 1 aliphatic rings. The minimum Gasteiger partial charge on any atom is -0.489 e. The van der Waals surface area contributed by atoms with E-state index >= 15 is 0 Å². The maximum Gasteiger partial charge on any atom is 0.338 e. The molecule has 4 rings (SSSR count). The number of halogens is 1. The Kier molecular flexibility index (Phi) is 7.95.